The lowest BCUT2D eigenvalue weighted by Gasteiger charge is -2.03. The van der Waals surface area contributed by atoms with Gasteiger partial charge in [0.05, 0.1) is 17.2 Å². The van der Waals surface area contributed by atoms with Crippen LogP contribution in [-0.2, 0) is 6.54 Å². The SMILES string of the molecule is Cc1ccccc1-c1noc(Cn2cnc3cc(Cl)ccc3c2=O)n1. The minimum absolute atomic E-state index is 0.156. The summed E-state index contributed by atoms with van der Waals surface area (Å²) in [6.45, 7) is 2.14. The molecule has 0 atom stereocenters. The van der Waals surface area contributed by atoms with Crippen LogP contribution in [0.3, 0.4) is 0 Å². The summed E-state index contributed by atoms with van der Waals surface area (Å²) in [5, 5.41) is 5.04. The van der Waals surface area contributed by atoms with E-state index in [0.29, 0.717) is 27.6 Å². The zero-order chi connectivity index (χ0) is 17.4. The molecular weight excluding hydrogens is 340 g/mol. The van der Waals surface area contributed by atoms with Crippen molar-refractivity contribution in [2.24, 2.45) is 0 Å². The van der Waals surface area contributed by atoms with Crippen molar-refractivity contribution in [2.75, 3.05) is 0 Å². The molecule has 4 aromatic rings. The number of hydrogen-bond donors (Lipinski definition) is 0. The van der Waals surface area contributed by atoms with Gasteiger partial charge < -0.3 is 4.52 Å². The molecule has 4 rings (SSSR count). The Bertz CT molecular complexity index is 1130. The van der Waals surface area contributed by atoms with Gasteiger partial charge in [0.25, 0.3) is 5.56 Å². The average molecular weight is 353 g/mol. The van der Waals surface area contributed by atoms with E-state index in [2.05, 4.69) is 15.1 Å². The van der Waals surface area contributed by atoms with Crippen LogP contribution in [0.1, 0.15) is 11.5 Å². The molecule has 0 unspecified atom stereocenters. The van der Waals surface area contributed by atoms with Gasteiger partial charge in [-0.05, 0) is 30.7 Å². The maximum absolute atomic E-state index is 12.6. The second kappa shape index (κ2) is 6.14. The smallest absolute Gasteiger partial charge is 0.261 e. The van der Waals surface area contributed by atoms with Crippen LogP contribution < -0.4 is 5.56 Å². The molecule has 0 amide bonds. The summed E-state index contributed by atoms with van der Waals surface area (Å²) in [5.74, 6) is 0.845. The van der Waals surface area contributed by atoms with Gasteiger partial charge in [-0.15, -0.1) is 0 Å². The first-order valence-corrected chi connectivity index (χ1v) is 8.03. The van der Waals surface area contributed by atoms with Crippen molar-refractivity contribution in [3.63, 3.8) is 0 Å². The van der Waals surface area contributed by atoms with Crippen LogP contribution in [0.15, 0.2) is 58.1 Å². The molecule has 0 fully saturated rings. The summed E-state index contributed by atoms with van der Waals surface area (Å²) in [7, 11) is 0. The lowest BCUT2D eigenvalue weighted by Crippen LogP contribution is -2.21. The first-order chi connectivity index (χ1) is 12.1. The number of aryl methyl sites for hydroxylation is 1. The van der Waals surface area contributed by atoms with Crippen LogP contribution in [0.5, 0.6) is 0 Å². The molecule has 2 heterocycles. The summed E-state index contributed by atoms with van der Waals surface area (Å²) in [6, 6.07) is 12.8. The topological polar surface area (TPSA) is 73.8 Å². The Morgan fingerprint density at radius 2 is 2.04 bits per heavy atom. The number of aromatic nitrogens is 4. The van der Waals surface area contributed by atoms with Gasteiger partial charge in [0, 0.05) is 10.6 Å². The maximum Gasteiger partial charge on any atom is 0.261 e. The third-order valence-electron chi connectivity index (χ3n) is 3.95. The highest BCUT2D eigenvalue weighted by Gasteiger charge is 2.12. The van der Waals surface area contributed by atoms with Gasteiger partial charge in [-0.1, -0.05) is 41.0 Å². The van der Waals surface area contributed by atoms with Crippen LogP contribution in [0.4, 0.5) is 0 Å². The van der Waals surface area contributed by atoms with Crippen molar-refractivity contribution in [1.29, 1.82) is 0 Å². The van der Waals surface area contributed by atoms with Crippen molar-refractivity contribution < 1.29 is 4.52 Å². The van der Waals surface area contributed by atoms with Crippen molar-refractivity contribution in [1.82, 2.24) is 19.7 Å². The molecule has 25 heavy (non-hydrogen) atoms. The average Bonchev–Trinajstić information content (AvgIpc) is 3.06. The molecule has 124 valence electrons. The molecule has 0 N–H and O–H groups in total. The van der Waals surface area contributed by atoms with E-state index >= 15 is 0 Å². The predicted octanol–water partition coefficient (Wildman–Crippen LogP) is 3.46. The van der Waals surface area contributed by atoms with Crippen molar-refractivity contribution >= 4 is 22.5 Å². The standard InChI is InChI=1S/C18H13ClN4O2/c1-11-4-2-3-5-13(11)17-21-16(25-22-17)9-23-10-20-15-8-12(19)6-7-14(15)18(23)24/h2-8,10H,9H2,1H3. The van der Waals surface area contributed by atoms with E-state index in [9.17, 15) is 4.79 Å². The lowest BCUT2D eigenvalue weighted by molar-refractivity contribution is 0.369. The fraction of sp³-hybridized carbons (Fsp3) is 0.111. The zero-order valence-corrected chi connectivity index (χ0v) is 14.1. The Hall–Kier alpha value is -2.99. The Morgan fingerprint density at radius 1 is 1.20 bits per heavy atom. The minimum Gasteiger partial charge on any atom is -0.337 e. The highest BCUT2D eigenvalue weighted by molar-refractivity contribution is 6.31. The third kappa shape index (κ3) is 2.92. The van der Waals surface area contributed by atoms with E-state index in [0.717, 1.165) is 11.1 Å². The minimum atomic E-state index is -0.183. The summed E-state index contributed by atoms with van der Waals surface area (Å²) in [6.07, 6.45) is 1.46. The number of fused-ring (bicyclic) bond motifs is 1. The van der Waals surface area contributed by atoms with Crippen molar-refractivity contribution in [3.8, 4) is 11.4 Å². The molecule has 0 aliphatic rings. The molecule has 0 saturated heterocycles. The van der Waals surface area contributed by atoms with E-state index in [1.807, 2.05) is 31.2 Å². The Balaban J connectivity index is 1.68. The molecule has 2 aromatic carbocycles. The van der Waals surface area contributed by atoms with Crippen molar-refractivity contribution in [3.05, 3.63) is 75.6 Å². The molecule has 6 nitrogen and oxygen atoms in total. The van der Waals surface area contributed by atoms with Crippen LogP contribution in [0.25, 0.3) is 22.3 Å². The first kappa shape index (κ1) is 15.5. The van der Waals surface area contributed by atoms with Crippen LogP contribution in [-0.4, -0.2) is 19.7 Å². The number of halogens is 1. The summed E-state index contributed by atoms with van der Waals surface area (Å²) >= 11 is 5.93. The molecule has 7 heteroatoms. The fourth-order valence-electron chi connectivity index (χ4n) is 2.64. The Morgan fingerprint density at radius 3 is 2.88 bits per heavy atom. The number of rotatable bonds is 3. The number of benzene rings is 2. The molecule has 0 aliphatic carbocycles. The highest BCUT2D eigenvalue weighted by atomic mass is 35.5. The van der Waals surface area contributed by atoms with Crippen LogP contribution in [0, 0.1) is 6.92 Å². The molecule has 0 aliphatic heterocycles. The van der Waals surface area contributed by atoms with E-state index in [-0.39, 0.29) is 12.1 Å². The largest absolute Gasteiger partial charge is 0.337 e. The van der Waals surface area contributed by atoms with Crippen LogP contribution >= 0.6 is 11.6 Å². The number of hydrogen-bond acceptors (Lipinski definition) is 5. The first-order valence-electron chi connectivity index (χ1n) is 7.65. The second-order valence-corrected chi connectivity index (χ2v) is 6.10. The van der Waals surface area contributed by atoms with Gasteiger partial charge in [-0.25, -0.2) is 4.98 Å². The van der Waals surface area contributed by atoms with Crippen LogP contribution in [0.2, 0.25) is 5.02 Å². The third-order valence-corrected chi connectivity index (χ3v) is 4.18. The molecule has 0 spiro atoms. The van der Waals surface area contributed by atoms with Gasteiger partial charge in [0.15, 0.2) is 0 Å². The summed E-state index contributed by atoms with van der Waals surface area (Å²) in [4.78, 5) is 21.2. The maximum atomic E-state index is 12.6. The molecular formula is C18H13ClN4O2. The molecule has 0 saturated carbocycles. The summed E-state index contributed by atoms with van der Waals surface area (Å²) < 4.78 is 6.73. The van der Waals surface area contributed by atoms with Gasteiger partial charge in [-0.2, -0.15) is 4.98 Å². The molecule has 2 aromatic heterocycles. The van der Waals surface area contributed by atoms with E-state index in [1.165, 1.54) is 10.9 Å². The molecule has 0 radical (unpaired) electrons. The molecule has 0 bridgehead atoms. The second-order valence-electron chi connectivity index (χ2n) is 5.67. The lowest BCUT2D eigenvalue weighted by atomic mass is 10.1. The van der Waals surface area contributed by atoms with E-state index < -0.39 is 0 Å². The number of nitrogens with zero attached hydrogens (tertiary/aromatic N) is 4. The normalized spacial score (nSPS) is 11.1. The fourth-order valence-corrected chi connectivity index (χ4v) is 2.81. The van der Waals surface area contributed by atoms with Gasteiger partial charge in [0.2, 0.25) is 11.7 Å². The monoisotopic (exact) mass is 352 g/mol. The van der Waals surface area contributed by atoms with E-state index in [1.54, 1.807) is 18.2 Å². The Kier molecular flexibility index (Phi) is 3.82. The predicted molar refractivity (Wildman–Crippen MR) is 94.6 cm³/mol. The Labute approximate surface area is 147 Å². The van der Waals surface area contributed by atoms with Gasteiger partial charge in [-0.3, -0.25) is 9.36 Å². The zero-order valence-electron chi connectivity index (χ0n) is 13.3. The van der Waals surface area contributed by atoms with E-state index in [4.69, 9.17) is 16.1 Å². The highest BCUT2D eigenvalue weighted by Crippen LogP contribution is 2.20. The quantitative estimate of drug-likeness (QED) is 0.564. The van der Waals surface area contributed by atoms with Gasteiger partial charge >= 0.3 is 0 Å². The van der Waals surface area contributed by atoms with Crippen molar-refractivity contribution in [2.45, 2.75) is 13.5 Å². The van der Waals surface area contributed by atoms with Gasteiger partial charge in [0.1, 0.15) is 6.54 Å². The summed E-state index contributed by atoms with van der Waals surface area (Å²) in [5.41, 5.74) is 2.32.